The van der Waals surface area contributed by atoms with Gasteiger partial charge in [-0.15, -0.1) is 0 Å². The van der Waals surface area contributed by atoms with Gasteiger partial charge in [0.2, 0.25) is 0 Å². The van der Waals surface area contributed by atoms with Crippen LogP contribution >= 0.6 is 0 Å². The number of carbonyl (C=O) groups is 6. The Kier molecular flexibility index (Phi) is 23.1. The number of carbonyl (C=O) groups excluding carboxylic acids is 6. The molecule has 0 bridgehead atoms. The Bertz CT molecular complexity index is 1390. The van der Waals surface area contributed by atoms with Gasteiger partial charge in [0.15, 0.2) is 0 Å². The van der Waals surface area contributed by atoms with Crippen LogP contribution in [0.2, 0.25) is 0 Å². The summed E-state index contributed by atoms with van der Waals surface area (Å²) in [4.78, 5) is 76.5. The first-order chi connectivity index (χ1) is 24.5. The third-order valence-corrected chi connectivity index (χ3v) is 20.8. The molecule has 264 valence electrons. The van der Waals surface area contributed by atoms with E-state index in [0.717, 1.165) is 36.5 Å². The number of hydrogen-bond donors (Lipinski definition) is 0. The van der Waals surface area contributed by atoms with Crippen molar-refractivity contribution in [3.8, 4) is 0 Å². The standard InChI is InChI=1S/C6H3.6C5H6O2.3Bi/c1-2-4-6-5-3-1;6*1-2-3-4-5(6)7;;;/h1,4-5H;6*2-4H,1H2,(H,6,7);;;/q;;;;;;;3*+2/p-6. The minimum absolute atomic E-state index is 0.129. The Balaban J connectivity index is 4.17. The van der Waals surface area contributed by atoms with Gasteiger partial charge >= 0.3 is 326 Å². The molecule has 1 rings (SSSR count). The van der Waals surface area contributed by atoms with Crippen molar-refractivity contribution in [3.05, 3.63) is 167 Å². The molecular weight excluding hydrogens is 1250 g/mol. The predicted octanol–water partition coefficient (Wildman–Crippen LogP) is 2.48. The second-order valence-corrected chi connectivity index (χ2v) is 24.8. The van der Waals surface area contributed by atoms with Gasteiger partial charge in [-0.25, -0.2) is 0 Å². The van der Waals surface area contributed by atoms with Gasteiger partial charge in [0.25, 0.3) is 0 Å². The maximum absolute atomic E-state index is 12.8. The molecule has 0 fully saturated rings. The quantitative estimate of drug-likeness (QED) is 0.101. The van der Waals surface area contributed by atoms with Gasteiger partial charge in [0, 0.05) is 0 Å². The van der Waals surface area contributed by atoms with Gasteiger partial charge in [-0.2, -0.15) is 0 Å². The Morgan fingerprint density at radius 2 is 0.510 bits per heavy atom. The molecule has 0 heterocycles. The average Bonchev–Trinajstić information content (AvgIpc) is 3.11. The molecule has 15 heteroatoms. The van der Waals surface area contributed by atoms with Crippen LogP contribution in [0.1, 0.15) is 0 Å². The monoisotopic (exact) mass is 1280 g/mol. The molecule has 0 aliphatic rings. The van der Waals surface area contributed by atoms with Crippen molar-refractivity contribution in [2.45, 2.75) is 0 Å². The van der Waals surface area contributed by atoms with Crippen LogP contribution in [0.4, 0.5) is 0 Å². The molecule has 1 aromatic rings. The Morgan fingerprint density at radius 1 is 0.353 bits per heavy atom. The molecule has 0 spiro atoms. The molecule has 0 aliphatic carbocycles. The van der Waals surface area contributed by atoms with Crippen molar-refractivity contribution in [1.29, 1.82) is 0 Å². The first-order valence-electron chi connectivity index (χ1n) is 14.1. The summed E-state index contributed by atoms with van der Waals surface area (Å²) in [5, 5.41) is 0. The first-order valence-corrected chi connectivity index (χ1v) is 27.9. The number of allylic oxidation sites excluding steroid dienone is 12. The van der Waals surface area contributed by atoms with Crippen molar-refractivity contribution in [3.63, 3.8) is 0 Å². The zero-order valence-corrected chi connectivity index (χ0v) is 37.5. The second-order valence-electron chi connectivity index (χ2n) is 8.51. The van der Waals surface area contributed by atoms with Gasteiger partial charge in [0.05, 0.1) is 0 Å². The van der Waals surface area contributed by atoms with E-state index in [1.807, 2.05) is 0 Å². The van der Waals surface area contributed by atoms with Gasteiger partial charge in [-0.1, -0.05) is 0 Å². The summed E-state index contributed by atoms with van der Waals surface area (Å²) in [7, 11) is 0. The van der Waals surface area contributed by atoms with E-state index in [4.69, 9.17) is 16.9 Å². The van der Waals surface area contributed by atoms with Crippen LogP contribution in [-0.4, -0.2) is 104 Å². The van der Waals surface area contributed by atoms with E-state index in [1.54, 1.807) is 0 Å². The third kappa shape index (κ3) is 18.9. The van der Waals surface area contributed by atoms with Crippen LogP contribution in [0.3, 0.4) is 0 Å². The van der Waals surface area contributed by atoms with Crippen molar-refractivity contribution < 1.29 is 45.6 Å². The molecule has 12 nitrogen and oxygen atoms in total. The Labute approximate surface area is 323 Å². The number of benzene rings is 1. The zero-order valence-electron chi connectivity index (χ0n) is 27.1. The predicted molar refractivity (Wildman–Crippen MR) is 195 cm³/mol. The average molecular weight is 1280 g/mol. The van der Waals surface area contributed by atoms with Gasteiger partial charge in [0.1, 0.15) is 0 Å². The minimum atomic E-state index is -4.48. The zero-order chi connectivity index (χ0) is 38.0. The molecule has 0 saturated carbocycles. The molecule has 0 N–H and O–H groups in total. The summed E-state index contributed by atoms with van der Waals surface area (Å²) in [5.74, 6) is -5.23. The van der Waals surface area contributed by atoms with Gasteiger partial charge in [-0.3, -0.25) is 0 Å². The van der Waals surface area contributed by atoms with Crippen LogP contribution in [0.5, 0.6) is 0 Å². The molecule has 0 aliphatic heterocycles. The van der Waals surface area contributed by atoms with E-state index < -0.39 is 104 Å². The number of hydrogen-bond acceptors (Lipinski definition) is 12. The third-order valence-electron chi connectivity index (χ3n) is 4.77. The fourth-order valence-electron chi connectivity index (χ4n) is 2.82. The molecule has 1 aromatic carbocycles. The molecule has 0 aromatic heterocycles. The van der Waals surface area contributed by atoms with E-state index in [1.165, 1.54) is 91.1 Å². The fraction of sp³-hybridized carbons (Fsp3) is 0. The van der Waals surface area contributed by atoms with E-state index in [9.17, 15) is 28.8 Å². The fourth-order valence-corrected chi connectivity index (χ4v) is 21.7. The van der Waals surface area contributed by atoms with Crippen LogP contribution in [0, 0.1) is 0 Å². The molecule has 0 radical (unpaired) electrons. The summed E-state index contributed by atoms with van der Waals surface area (Å²) in [6.45, 7) is 21.0. The second kappa shape index (κ2) is 26.4. The van der Waals surface area contributed by atoms with E-state index >= 15 is 0 Å². The van der Waals surface area contributed by atoms with Crippen LogP contribution in [0.15, 0.2) is 167 Å². The van der Waals surface area contributed by atoms with Crippen molar-refractivity contribution in [2.75, 3.05) is 0 Å². The van der Waals surface area contributed by atoms with Gasteiger partial charge in [-0.05, 0) is 0 Å². The van der Waals surface area contributed by atoms with Gasteiger partial charge < -0.3 is 0 Å². The SMILES string of the molecule is C=CC=CC(=O)[O][Bi]([O]C(=O)C=CC=C)[c]1c[c]([Bi]([O]C(=O)C=CC=C)[O]C(=O)C=CC=C)c[c]([Bi]([O]C(=O)C=CC=C)[O]C(=O)C=CC=C)c1. The summed E-state index contributed by atoms with van der Waals surface area (Å²) in [6, 6.07) is 4.22. The van der Waals surface area contributed by atoms with E-state index in [-0.39, 0.29) is 9.81 Å². The Hall–Kier alpha value is -4.43. The van der Waals surface area contributed by atoms with Crippen molar-refractivity contribution in [1.82, 2.24) is 0 Å². The number of rotatable bonds is 21. The first kappa shape index (κ1) is 44.6. The summed E-state index contributed by atoms with van der Waals surface area (Å²) < 4.78 is 34.3. The van der Waals surface area contributed by atoms with Crippen LogP contribution in [0.25, 0.3) is 0 Å². The van der Waals surface area contributed by atoms with Crippen LogP contribution < -0.4 is 9.81 Å². The summed E-state index contributed by atoms with van der Waals surface area (Å²) in [5.41, 5.74) is 0. The maximum atomic E-state index is 12.8. The molecular formula is C36H33Bi3O12. The Morgan fingerprint density at radius 3 is 0.647 bits per heavy atom. The molecule has 0 unspecified atom stereocenters. The van der Waals surface area contributed by atoms with Crippen molar-refractivity contribution >= 4 is 114 Å². The molecule has 51 heavy (non-hydrogen) atoms. The van der Waals surface area contributed by atoms with Crippen molar-refractivity contribution in [2.24, 2.45) is 0 Å². The normalized spacial score (nSPS) is 11.4. The molecule has 0 amide bonds. The summed E-state index contributed by atoms with van der Waals surface area (Å²) >= 11 is -13.4. The summed E-state index contributed by atoms with van der Waals surface area (Å²) in [6.07, 6.45) is 22.2. The van der Waals surface area contributed by atoms with E-state index in [2.05, 4.69) is 39.5 Å². The van der Waals surface area contributed by atoms with Crippen LogP contribution in [-0.2, 0) is 45.6 Å². The topological polar surface area (TPSA) is 158 Å². The van der Waals surface area contributed by atoms with E-state index in [0.29, 0.717) is 0 Å². The molecule has 0 atom stereocenters. The molecule has 0 saturated heterocycles.